The van der Waals surface area contributed by atoms with Crippen LogP contribution in [0.5, 0.6) is 0 Å². The molecule has 2 rings (SSSR count). The number of aliphatic hydroxyl groups is 1. The maximum Gasteiger partial charge on any atom is 0.225 e. The molecule has 108 valence electrons. The Hall–Kier alpha value is -1.59. The van der Waals surface area contributed by atoms with Gasteiger partial charge in [-0.25, -0.2) is 0 Å². The molecule has 0 saturated carbocycles. The number of aryl methyl sites for hydroxylation is 1. The zero-order chi connectivity index (χ0) is 14.5. The van der Waals surface area contributed by atoms with Crippen molar-refractivity contribution < 1.29 is 14.3 Å². The minimum Gasteiger partial charge on any atom is -0.467 e. The molecule has 0 bridgehead atoms. The van der Waals surface area contributed by atoms with Gasteiger partial charge in [0.25, 0.3) is 0 Å². The smallest absolute Gasteiger partial charge is 0.225 e. The Morgan fingerprint density at radius 2 is 2.25 bits per heavy atom. The van der Waals surface area contributed by atoms with Crippen LogP contribution in [0.4, 0.5) is 0 Å². The van der Waals surface area contributed by atoms with Crippen molar-refractivity contribution in [2.24, 2.45) is 0 Å². The summed E-state index contributed by atoms with van der Waals surface area (Å²) in [5.74, 6) is 0.506. The predicted molar refractivity (Wildman–Crippen MR) is 78.6 cm³/mol. The number of amides is 1. The molecule has 0 fully saturated rings. The van der Waals surface area contributed by atoms with Gasteiger partial charge in [0.15, 0.2) is 0 Å². The first-order chi connectivity index (χ1) is 9.54. The predicted octanol–water partition coefficient (Wildman–Crippen LogP) is 2.82. The Morgan fingerprint density at radius 3 is 2.85 bits per heavy atom. The summed E-state index contributed by atoms with van der Waals surface area (Å²) in [6, 6.07) is 7.34. The Morgan fingerprint density at radius 1 is 1.45 bits per heavy atom. The zero-order valence-corrected chi connectivity index (χ0v) is 12.4. The Balaban J connectivity index is 1.79. The number of carbonyl (C=O) groups is 1. The first-order valence-electron chi connectivity index (χ1n) is 6.60. The Bertz CT molecular complexity index is 547. The lowest BCUT2D eigenvalue weighted by Gasteiger charge is -2.16. The molecule has 0 aliphatic heterocycles. The highest BCUT2D eigenvalue weighted by molar-refractivity contribution is 7.12. The van der Waals surface area contributed by atoms with Gasteiger partial charge < -0.3 is 14.8 Å². The van der Waals surface area contributed by atoms with Crippen LogP contribution < -0.4 is 5.32 Å². The van der Waals surface area contributed by atoms with Crippen molar-refractivity contribution in [2.75, 3.05) is 0 Å². The first-order valence-corrected chi connectivity index (χ1v) is 7.42. The van der Waals surface area contributed by atoms with Gasteiger partial charge in [0.1, 0.15) is 11.9 Å². The molecule has 4 nitrogen and oxygen atoms in total. The van der Waals surface area contributed by atoms with Crippen molar-refractivity contribution in [1.29, 1.82) is 0 Å². The third-order valence-electron chi connectivity index (χ3n) is 2.99. The number of thiophene rings is 1. The second-order valence-electron chi connectivity index (χ2n) is 4.92. The highest BCUT2D eigenvalue weighted by Gasteiger charge is 2.16. The molecular weight excluding hydrogens is 274 g/mol. The number of hydrogen-bond acceptors (Lipinski definition) is 4. The van der Waals surface area contributed by atoms with Crippen molar-refractivity contribution in [1.82, 2.24) is 5.32 Å². The van der Waals surface area contributed by atoms with Crippen molar-refractivity contribution in [3.63, 3.8) is 0 Å². The van der Waals surface area contributed by atoms with Crippen molar-refractivity contribution in [3.8, 4) is 0 Å². The van der Waals surface area contributed by atoms with E-state index < -0.39 is 6.10 Å². The van der Waals surface area contributed by atoms with E-state index in [1.807, 2.05) is 26.0 Å². The molecule has 0 aliphatic rings. The third kappa shape index (κ3) is 4.21. The number of rotatable bonds is 6. The number of furan rings is 1. The molecule has 0 saturated heterocycles. The van der Waals surface area contributed by atoms with Gasteiger partial charge in [-0.2, -0.15) is 0 Å². The van der Waals surface area contributed by atoms with Crippen LogP contribution >= 0.6 is 11.3 Å². The Labute approximate surface area is 122 Å². The SMILES string of the molecule is Cc1ccc(CC(=O)NC(C)CC(O)c2ccco2)s1. The van der Waals surface area contributed by atoms with Crippen LogP contribution in [0.25, 0.3) is 0 Å². The fraction of sp³-hybridized carbons (Fsp3) is 0.400. The van der Waals surface area contributed by atoms with Crippen LogP contribution in [-0.4, -0.2) is 17.1 Å². The van der Waals surface area contributed by atoms with Gasteiger partial charge in [-0.1, -0.05) is 0 Å². The summed E-state index contributed by atoms with van der Waals surface area (Å²) in [7, 11) is 0. The topological polar surface area (TPSA) is 62.5 Å². The summed E-state index contributed by atoms with van der Waals surface area (Å²) < 4.78 is 5.14. The van der Waals surface area contributed by atoms with Crippen LogP contribution in [0.3, 0.4) is 0 Å². The molecule has 0 radical (unpaired) electrons. The minimum absolute atomic E-state index is 0.0222. The van der Waals surface area contributed by atoms with Crippen LogP contribution in [0, 0.1) is 6.92 Å². The van der Waals surface area contributed by atoms with E-state index in [1.165, 1.54) is 11.1 Å². The summed E-state index contributed by atoms with van der Waals surface area (Å²) in [5.41, 5.74) is 0. The molecule has 20 heavy (non-hydrogen) atoms. The first kappa shape index (κ1) is 14.8. The van der Waals surface area contributed by atoms with Gasteiger partial charge in [0, 0.05) is 22.2 Å². The zero-order valence-electron chi connectivity index (χ0n) is 11.6. The molecule has 2 atom stereocenters. The molecule has 2 aromatic rings. The molecule has 1 amide bonds. The second-order valence-corrected chi connectivity index (χ2v) is 6.30. The molecule has 2 N–H and O–H groups in total. The summed E-state index contributed by atoms with van der Waals surface area (Å²) in [6.07, 6.45) is 1.66. The van der Waals surface area contributed by atoms with E-state index >= 15 is 0 Å². The maximum absolute atomic E-state index is 11.9. The fourth-order valence-electron chi connectivity index (χ4n) is 2.06. The third-order valence-corrected chi connectivity index (χ3v) is 3.99. The Kier molecular flexibility index (Phi) is 4.98. The van der Waals surface area contributed by atoms with Gasteiger partial charge in [-0.15, -0.1) is 11.3 Å². The number of aliphatic hydroxyl groups excluding tert-OH is 1. The van der Waals surface area contributed by atoms with Gasteiger partial charge in [0.2, 0.25) is 5.91 Å². The van der Waals surface area contributed by atoms with Crippen molar-refractivity contribution in [2.45, 2.75) is 38.8 Å². The highest BCUT2D eigenvalue weighted by atomic mass is 32.1. The van der Waals surface area contributed by atoms with E-state index in [0.717, 1.165) is 4.88 Å². The molecule has 2 aromatic heterocycles. The molecule has 0 aliphatic carbocycles. The van der Waals surface area contributed by atoms with E-state index in [1.54, 1.807) is 23.5 Å². The summed E-state index contributed by atoms with van der Waals surface area (Å²) in [5, 5.41) is 12.8. The molecular formula is C15H19NO3S. The lowest BCUT2D eigenvalue weighted by Crippen LogP contribution is -2.34. The molecule has 0 aromatic carbocycles. The number of nitrogens with one attached hydrogen (secondary N) is 1. The minimum atomic E-state index is -0.690. The average molecular weight is 293 g/mol. The summed E-state index contributed by atoms with van der Waals surface area (Å²) in [6.45, 7) is 3.90. The fourth-order valence-corrected chi connectivity index (χ4v) is 2.94. The van der Waals surface area contributed by atoms with E-state index in [-0.39, 0.29) is 11.9 Å². The quantitative estimate of drug-likeness (QED) is 0.861. The summed E-state index contributed by atoms with van der Waals surface area (Å²) in [4.78, 5) is 14.1. The normalized spacial score (nSPS) is 13.9. The van der Waals surface area contributed by atoms with Gasteiger partial charge >= 0.3 is 0 Å². The molecule has 2 unspecified atom stereocenters. The van der Waals surface area contributed by atoms with Gasteiger partial charge in [0.05, 0.1) is 12.7 Å². The van der Waals surface area contributed by atoms with E-state index in [4.69, 9.17) is 4.42 Å². The molecule has 0 spiro atoms. The lowest BCUT2D eigenvalue weighted by molar-refractivity contribution is -0.121. The highest BCUT2D eigenvalue weighted by Crippen LogP contribution is 2.19. The van der Waals surface area contributed by atoms with Crippen molar-refractivity contribution in [3.05, 3.63) is 46.0 Å². The largest absolute Gasteiger partial charge is 0.467 e. The van der Waals surface area contributed by atoms with Crippen molar-refractivity contribution >= 4 is 17.2 Å². The standard InChI is InChI=1S/C15H19NO3S/c1-10(8-13(17)14-4-3-7-19-14)16-15(18)9-12-6-5-11(2)20-12/h3-7,10,13,17H,8-9H2,1-2H3,(H,16,18). The van der Waals surface area contributed by atoms with Gasteiger partial charge in [-0.05, 0) is 38.1 Å². The van der Waals surface area contributed by atoms with E-state index in [2.05, 4.69) is 5.32 Å². The maximum atomic E-state index is 11.9. The number of hydrogen-bond donors (Lipinski definition) is 2. The average Bonchev–Trinajstić information content (AvgIpc) is 3.00. The van der Waals surface area contributed by atoms with Crippen LogP contribution in [0.1, 0.15) is 35.0 Å². The second kappa shape index (κ2) is 6.72. The van der Waals surface area contributed by atoms with Crippen LogP contribution in [-0.2, 0) is 11.2 Å². The monoisotopic (exact) mass is 293 g/mol. The van der Waals surface area contributed by atoms with Gasteiger partial charge in [-0.3, -0.25) is 4.79 Å². The lowest BCUT2D eigenvalue weighted by atomic mass is 10.1. The van der Waals surface area contributed by atoms with Crippen LogP contribution in [0.15, 0.2) is 34.9 Å². The van der Waals surface area contributed by atoms with E-state index in [0.29, 0.717) is 18.6 Å². The summed E-state index contributed by atoms with van der Waals surface area (Å²) >= 11 is 1.63. The van der Waals surface area contributed by atoms with Crippen LogP contribution in [0.2, 0.25) is 0 Å². The molecule has 5 heteroatoms. The van der Waals surface area contributed by atoms with E-state index in [9.17, 15) is 9.90 Å². The molecule has 2 heterocycles. The number of carbonyl (C=O) groups excluding carboxylic acids is 1.